The first kappa shape index (κ1) is 21.5. The smallest absolute Gasteiger partial charge is 0.416 e. The highest BCUT2D eigenvalue weighted by Gasteiger charge is 2.31. The number of hydrogen-bond acceptors (Lipinski definition) is 2. The molecular formula is C20H17Cl2F3N2O2. The van der Waals surface area contributed by atoms with E-state index in [2.05, 4.69) is 5.10 Å². The molecule has 1 heterocycles. The molecule has 0 aliphatic heterocycles. The Morgan fingerprint density at radius 1 is 1.10 bits per heavy atom. The Balaban J connectivity index is 1.98. The molecule has 0 bridgehead atoms. The van der Waals surface area contributed by atoms with E-state index in [0.29, 0.717) is 51.5 Å². The number of unbranched alkanes of at least 4 members (excludes halogenated alkanes) is 1. The fourth-order valence-corrected chi connectivity index (χ4v) is 3.57. The zero-order valence-corrected chi connectivity index (χ0v) is 16.7. The number of aromatic nitrogens is 2. The highest BCUT2D eigenvalue weighted by molar-refractivity contribution is 6.35. The van der Waals surface area contributed by atoms with Gasteiger partial charge in [0.2, 0.25) is 0 Å². The van der Waals surface area contributed by atoms with Crippen molar-refractivity contribution in [2.75, 3.05) is 0 Å². The molecule has 0 spiro atoms. The van der Waals surface area contributed by atoms with Gasteiger partial charge in [0, 0.05) is 21.9 Å². The number of carboxylic acids is 1. The van der Waals surface area contributed by atoms with Crippen LogP contribution in [0.1, 0.15) is 36.1 Å². The summed E-state index contributed by atoms with van der Waals surface area (Å²) >= 11 is 12.1. The van der Waals surface area contributed by atoms with Crippen molar-refractivity contribution in [3.63, 3.8) is 0 Å². The van der Waals surface area contributed by atoms with Crippen molar-refractivity contribution in [2.24, 2.45) is 0 Å². The molecule has 29 heavy (non-hydrogen) atoms. The number of fused-ring (bicyclic) bond motifs is 1. The summed E-state index contributed by atoms with van der Waals surface area (Å²) in [6, 6.07) is 8.45. The molecule has 0 radical (unpaired) electrons. The van der Waals surface area contributed by atoms with Crippen LogP contribution in [0, 0.1) is 0 Å². The van der Waals surface area contributed by atoms with Gasteiger partial charge in [-0.15, -0.1) is 0 Å². The number of carboxylic acid groups (broad SMARTS) is 1. The zero-order chi connectivity index (χ0) is 21.2. The van der Waals surface area contributed by atoms with Crippen LogP contribution in [-0.4, -0.2) is 20.9 Å². The van der Waals surface area contributed by atoms with Gasteiger partial charge in [0.25, 0.3) is 0 Å². The summed E-state index contributed by atoms with van der Waals surface area (Å²) in [6.07, 6.45) is -2.93. The van der Waals surface area contributed by atoms with E-state index < -0.39 is 17.7 Å². The molecule has 0 atom stereocenters. The fraction of sp³-hybridized carbons (Fsp3) is 0.300. The van der Waals surface area contributed by atoms with Crippen molar-refractivity contribution in [3.8, 4) is 0 Å². The van der Waals surface area contributed by atoms with E-state index in [-0.39, 0.29) is 13.0 Å². The monoisotopic (exact) mass is 444 g/mol. The van der Waals surface area contributed by atoms with Crippen molar-refractivity contribution < 1.29 is 23.1 Å². The third kappa shape index (κ3) is 5.22. The molecule has 154 valence electrons. The molecule has 0 amide bonds. The summed E-state index contributed by atoms with van der Waals surface area (Å²) < 4.78 is 41.1. The number of alkyl halides is 3. The van der Waals surface area contributed by atoms with E-state index in [1.165, 1.54) is 10.7 Å². The largest absolute Gasteiger partial charge is 0.481 e. The van der Waals surface area contributed by atoms with Crippen LogP contribution in [0.4, 0.5) is 13.2 Å². The Labute approximate surface area is 174 Å². The van der Waals surface area contributed by atoms with Crippen LogP contribution in [0.3, 0.4) is 0 Å². The standard InChI is InChI=1S/C20H17Cl2F3N2O2/c21-14-7-5-12(16(22)10-14)11-27-18-9-13(20(23,24)25)6-8-15(18)17(26-27)3-1-2-4-19(28)29/h5-10H,1-4,11H2,(H,28,29). The molecule has 0 unspecified atom stereocenters. The second-order valence-corrected chi connectivity index (χ2v) is 7.51. The second kappa shape index (κ2) is 8.63. The Morgan fingerprint density at radius 2 is 1.86 bits per heavy atom. The molecule has 1 aromatic heterocycles. The molecule has 1 N–H and O–H groups in total. The van der Waals surface area contributed by atoms with Gasteiger partial charge in [-0.2, -0.15) is 18.3 Å². The van der Waals surface area contributed by atoms with Crippen LogP contribution in [0.2, 0.25) is 10.0 Å². The van der Waals surface area contributed by atoms with Crippen molar-refractivity contribution in [3.05, 3.63) is 63.3 Å². The summed E-state index contributed by atoms with van der Waals surface area (Å²) in [5.41, 5.74) is 0.893. The maximum atomic E-state index is 13.2. The zero-order valence-electron chi connectivity index (χ0n) is 15.1. The number of rotatable bonds is 7. The van der Waals surface area contributed by atoms with Gasteiger partial charge in [0.15, 0.2) is 0 Å². The Morgan fingerprint density at radius 3 is 2.52 bits per heavy atom. The molecule has 9 heteroatoms. The lowest BCUT2D eigenvalue weighted by atomic mass is 10.1. The minimum absolute atomic E-state index is 0.0389. The van der Waals surface area contributed by atoms with Gasteiger partial charge in [0.1, 0.15) is 0 Å². The van der Waals surface area contributed by atoms with Gasteiger partial charge in [-0.25, -0.2) is 0 Å². The number of hydrogen-bond donors (Lipinski definition) is 1. The number of aryl methyl sites for hydroxylation is 1. The second-order valence-electron chi connectivity index (χ2n) is 6.67. The van der Waals surface area contributed by atoms with Crippen LogP contribution in [0.5, 0.6) is 0 Å². The van der Waals surface area contributed by atoms with Gasteiger partial charge in [-0.05, 0) is 49.1 Å². The summed E-state index contributed by atoms with van der Waals surface area (Å²) in [5.74, 6) is -0.882. The van der Waals surface area contributed by atoms with Crippen molar-refractivity contribution in [2.45, 2.75) is 38.4 Å². The molecule has 0 saturated heterocycles. The molecule has 3 aromatic rings. The Bertz CT molecular complexity index is 1050. The van der Waals surface area contributed by atoms with Crippen LogP contribution >= 0.6 is 23.2 Å². The molecule has 3 rings (SSSR count). The maximum Gasteiger partial charge on any atom is 0.416 e. The summed E-state index contributed by atoms with van der Waals surface area (Å²) in [5, 5.41) is 14.7. The first-order chi connectivity index (χ1) is 13.6. The highest BCUT2D eigenvalue weighted by atomic mass is 35.5. The first-order valence-corrected chi connectivity index (χ1v) is 9.63. The van der Waals surface area contributed by atoms with Crippen molar-refractivity contribution in [1.82, 2.24) is 9.78 Å². The van der Waals surface area contributed by atoms with Gasteiger partial charge in [-0.1, -0.05) is 35.3 Å². The lowest BCUT2D eigenvalue weighted by molar-refractivity contribution is -0.138. The normalized spacial score (nSPS) is 11.9. The molecule has 0 fully saturated rings. The minimum Gasteiger partial charge on any atom is -0.481 e. The Hall–Kier alpha value is -2.25. The fourth-order valence-electron chi connectivity index (χ4n) is 3.10. The van der Waals surface area contributed by atoms with Gasteiger partial charge in [-0.3, -0.25) is 9.48 Å². The quantitative estimate of drug-likeness (QED) is 0.440. The van der Waals surface area contributed by atoms with Gasteiger partial charge in [0.05, 0.1) is 23.3 Å². The highest BCUT2D eigenvalue weighted by Crippen LogP contribution is 2.33. The van der Waals surface area contributed by atoms with E-state index in [4.69, 9.17) is 28.3 Å². The minimum atomic E-state index is -4.47. The van der Waals surface area contributed by atoms with E-state index in [1.807, 2.05) is 0 Å². The molecule has 0 aliphatic carbocycles. The molecule has 2 aromatic carbocycles. The molecule has 4 nitrogen and oxygen atoms in total. The van der Waals surface area contributed by atoms with Crippen LogP contribution in [0.15, 0.2) is 36.4 Å². The number of carbonyl (C=O) groups is 1. The van der Waals surface area contributed by atoms with E-state index in [0.717, 1.165) is 12.1 Å². The summed E-state index contributed by atoms with van der Waals surface area (Å²) in [4.78, 5) is 10.7. The molecular weight excluding hydrogens is 428 g/mol. The van der Waals surface area contributed by atoms with Crippen LogP contribution < -0.4 is 0 Å². The van der Waals surface area contributed by atoms with Crippen LogP contribution in [-0.2, 0) is 23.9 Å². The van der Waals surface area contributed by atoms with Gasteiger partial charge < -0.3 is 5.11 Å². The number of aliphatic carboxylic acids is 1. The van der Waals surface area contributed by atoms with Gasteiger partial charge >= 0.3 is 12.1 Å². The summed E-state index contributed by atoms with van der Waals surface area (Å²) in [6.45, 7) is 0.183. The predicted octanol–water partition coefficient (Wildman–Crippen LogP) is 6.21. The van der Waals surface area contributed by atoms with E-state index >= 15 is 0 Å². The lowest BCUT2D eigenvalue weighted by Crippen LogP contribution is -2.06. The summed E-state index contributed by atoms with van der Waals surface area (Å²) in [7, 11) is 0. The van der Waals surface area contributed by atoms with Crippen molar-refractivity contribution >= 4 is 40.1 Å². The lowest BCUT2D eigenvalue weighted by Gasteiger charge is -2.09. The third-order valence-corrected chi connectivity index (χ3v) is 5.13. The SMILES string of the molecule is O=C(O)CCCCc1nn(Cc2ccc(Cl)cc2Cl)c2cc(C(F)(F)F)ccc12. The predicted molar refractivity (Wildman–Crippen MR) is 105 cm³/mol. The average molecular weight is 445 g/mol. The first-order valence-electron chi connectivity index (χ1n) is 8.87. The van der Waals surface area contributed by atoms with E-state index in [9.17, 15) is 18.0 Å². The molecule has 0 aliphatic rings. The number of benzene rings is 2. The van der Waals surface area contributed by atoms with E-state index in [1.54, 1.807) is 18.2 Å². The maximum absolute atomic E-state index is 13.2. The third-order valence-electron chi connectivity index (χ3n) is 4.54. The number of nitrogens with zero attached hydrogens (tertiary/aromatic N) is 2. The number of halogens is 5. The van der Waals surface area contributed by atoms with Crippen LogP contribution in [0.25, 0.3) is 10.9 Å². The Kier molecular flexibility index (Phi) is 6.39. The average Bonchev–Trinajstić information content (AvgIpc) is 2.97. The molecule has 0 saturated carbocycles. The van der Waals surface area contributed by atoms with Crippen molar-refractivity contribution in [1.29, 1.82) is 0 Å². The topological polar surface area (TPSA) is 55.1 Å².